The van der Waals surface area contributed by atoms with Gasteiger partial charge in [-0.2, -0.15) is 0 Å². The van der Waals surface area contributed by atoms with E-state index in [1.54, 1.807) is 0 Å². The van der Waals surface area contributed by atoms with Gasteiger partial charge in [-0.05, 0) is 17.2 Å². The first-order chi connectivity index (χ1) is 8.15. The van der Waals surface area contributed by atoms with Crippen LogP contribution in [0.2, 0.25) is 0 Å². The van der Waals surface area contributed by atoms with Gasteiger partial charge in [-0.15, -0.1) is 0 Å². The molecule has 0 unspecified atom stereocenters. The minimum Gasteiger partial charge on any atom is -0.503 e. The zero-order valence-electron chi connectivity index (χ0n) is 9.50. The molecule has 17 heavy (non-hydrogen) atoms. The van der Waals surface area contributed by atoms with E-state index in [1.165, 1.54) is 20.5 Å². The van der Waals surface area contributed by atoms with Crippen LogP contribution < -0.4 is 0 Å². The standard InChI is InChI=1S/C12H12Br2O3/c1-16-7-10(12(15)17-2)8-4-3-5-11(14)9(8)6-13/h3-5,7H,6H2,1-2H3/b10-7+. The Kier molecular flexibility index (Phi) is 5.71. The van der Waals surface area contributed by atoms with Crippen molar-refractivity contribution >= 4 is 43.4 Å². The maximum atomic E-state index is 11.7. The van der Waals surface area contributed by atoms with Crippen molar-refractivity contribution < 1.29 is 14.3 Å². The van der Waals surface area contributed by atoms with Crippen LogP contribution in [0, 0.1) is 0 Å². The molecular weight excluding hydrogens is 352 g/mol. The van der Waals surface area contributed by atoms with Crippen LogP contribution in [0.1, 0.15) is 11.1 Å². The number of esters is 1. The summed E-state index contributed by atoms with van der Waals surface area (Å²) in [6, 6.07) is 5.63. The number of methoxy groups -OCH3 is 2. The van der Waals surface area contributed by atoms with E-state index in [4.69, 9.17) is 9.47 Å². The molecule has 0 aromatic heterocycles. The van der Waals surface area contributed by atoms with Crippen molar-refractivity contribution in [3.05, 3.63) is 40.1 Å². The Morgan fingerprint density at radius 3 is 2.65 bits per heavy atom. The fraction of sp³-hybridized carbons (Fsp3) is 0.250. The molecular formula is C12H12Br2O3. The van der Waals surface area contributed by atoms with Crippen molar-refractivity contribution in [3.8, 4) is 0 Å². The number of ether oxygens (including phenoxy) is 2. The lowest BCUT2D eigenvalue weighted by Crippen LogP contribution is -2.06. The van der Waals surface area contributed by atoms with Gasteiger partial charge >= 0.3 is 5.97 Å². The van der Waals surface area contributed by atoms with Crippen molar-refractivity contribution in [2.24, 2.45) is 0 Å². The van der Waals surface area contributed by atoms with E-state index >= 15 is 0 Å². The summed E-state index contributed by atoms with van der Waals surface area (Å²) >= 11 is 6.85. The molecule has 0 aliphatic rings. The van der Waals surface area contributed by atoms with Gasteiger partial charge in [0.2, 0.25) is 0 Å². The van der Waals surface area contributed by atoms with E-state index in [0.29, 0.717) is 10.9 Å². The normalized spacial score (nSPS) is 11.2. The van der Waals surface area contributed by atoms with Crippen LogP contribution in [0.25, 0.3) is 5.57 Å². The zero-order valence-corrected chi connectivity index (χ0v) is 12.7. The van der Waals surface area contributed by atoms with Gasteiger partial charge in [-0.1, -0.05) is 44.0 Å². The lowest BCUT2D eigenvalue weighted by molar-refractivity contribution is -0.133. The van der Waals surface area contributed by atoms with Gasteiger partial charge < -0.3 is 9.47 Å². The van der Waals surface area contributed by atoms with Crippen LogP contribution in [-0.2, 0) is 19.6 Å². The largest absolute Gasteiger partial charge is 0.503 e. The van der Waals surface area contributed by atoms with Crippen LogP contribution in [0.15, 0.2) is 28.9 Å². The van der Waals surface area contributed by atoms with Crippen LogP contribution in [0.3, 0.4) is 0 Å². The van der Waals surface area contributed by atoms with Gasteiger partial charge in [0.25, 0.3) is 0 Å². The summed E-state index contributed by atoms with van der Waals surface area (Å²) < 4.78 is 10.6. The molecule has 0 radical (unpaired) electrons. The third-order valence-corrected chi connectivity index (χ3v) is 3.49. The van der Waals surface area contributed by atoms with Crippen molar-refractivity contribution in [1.82, 2.24) is 0 Å². The molecule has 0 amide bonds. The fourth-order valence-corrected chi connectivity index (χ4v) is 2.88. The lowest BCUT2D eigenvalue weighted by Gasteiger charge is -2.11. The highest BCUT2D eigenvalue weighted by molar-refractivity contribution is 9.10. The van der Waals surface area contributed by atoms with Crippen molar-refractivity contribution in [1.29, 1.82) is 0 Å². The first-order valence-electron chi connectivity index (χ1n) is 4.80. The third kappa shape index (κ3) is 3.33. The first kappa shape index (κ1) is 14.3. The van der Waals surface area contributed by atoms with Crippen molar-refractivity contribution in [3.63, 3.8) is 0 Å². The summed E-state index contributed by atoms with van der Waals surface area (Å²) in [6.07, 6.45) is 1.39. The Bertz CT molecular complexity index is 441. The first-order valence-corrected chi connectivity index (χ1v) is 6.72. The molecule has 0 saturated heterocycles. The van der Waals surface area contributed by atoms with Crippen molar-refractivity contribution in [2.75, 3.05) is 14.2 Å². The average molecular weight is 364 g/mol. The van der Waals surface area contributed by atoms with Crippen LogP contribution in [-0.4, -0.2) is 20.2 Å². The predicted molar refractivity (Wildman–Crippen MR) is 73.8 cm³/mol. The number of hydrogen-bond donors (Lipinski definition) is 0. The van der Waals surface area contributed by atoms with Gasteiger partial charge in [0, 0.05) is 9.80 Å². The molecule has 3 nitrogen and oxygen atoms in total. The molecule has 0 aliphatic heterocycles. The molecule has 0 heterocycles. The van der Waals surface area contributed by atoms with Gasteiger partial charge in [0.1, 0.15) is 5.57 Å². The van der Waals surface area contributed by atoms with E-state index in [2.05, 4.69) is 31.9 Å². The number of carbonyl (C=O) groups is 1. The Morgan fingerprint density at radius 1 is 1.41 bits per heavy atom. The molecule has 0 atom stereocenters. The molecule has 92 valence electrons. The monoisotopic (exact) mass is 362 g/mol. The highest BCUT2D eigenvalue weighted by Crippen LogP contribution is 2.28. The Hall–Kier alpha value is -0.810. The summed E-state index contributed by atoms with van der Waals surface area (Å²) in [5.74, 6) is -0.424. The molecule has 0 spiro atoms. The number of benzene rings is 1. The highest BCUT2D eigenvalue weighted by Gasteiger charge is 2.17. The molecule has 0 bridgehead atoms. The molecule has 1 aromatic rings. The summed E-state index contributed by atoms with van der Waals surface area (Å²) in [5.41, 5.74) is 2.15. The molecule has 0 aliphatic carbocycles. The molecule has 1 aromatic carbocycles. The smallest absolute Gasteiger partial charge is 0.341 e. The Morgan fingerprint density at radius 2 is 2.12 bits per heavy atom. The number of hydrogen-bond acceptors (Lipinski definition) is 3. The summed E-state index contributed by atoms with van der Waals surface area (Å²) in [6.45, 7) is 0. The van der Waals surface area contributed by atoms with Crippen LogP contribution in [0.5, 0.6) is 0 Å². The summed E-state index contributed by atoms with van der Waals surface area (Å²) in [7, 11) is 2.84. The Balaban J connectivity index is 3.33. The topological polar surface area (TPSA) is 35.5 Å². The minimum absolute atomic E-state index is 0.394. The average Bonchev–Trinajstić information content (AvgIpc) is 2.34. The molecule has 5 heteroatoms. The van der Waals surface area contributed by atoms with Crippen LogP contribution in [0.4, 0.5) is 0 Å². The number of alkyl halides is 1. The second-order valence-electron chi connectivity index (χ2n) is 3.16. The van der Waals surface area contributed by atoms with Crippen molar-refractivity contribution in [2.45, 2.75) is 5.33 Å². The molecule has 0 fully saturated rings. The second kappa shape index (κ2) is 6.81. The number of rotatable bonds is 4. The van der Waals surface area contributed by atoms with Crippen LogP contribution >= 0.6 is 31.9 Å². The molecule has 0 N–H and O–H groups in total. The number of carbonyl (C=O) groups excluding carboxylic acids is 1. The molecule has 0 saturated carbocycles. The van der Waals surface area contributed by atoms with E-state index in [9.17, 15) is 4.79 Å². The van der Waals surface area contributed by atoms with E-state index < -0.39 is 5.97 Å². The van der Waals surface area contributed by atoms with E-state index in [1.807, 2.05) is 18.2 Å². The van der Waals surface area contributed by atoms with E-state index in [0.717, 1.165) is 15.6 Å². The van der Waals surface area contributed by atoms with Gasteiger partial charge in [-0.3, -0.25) is 0 Å². The summed E-state index contributed by atoms with van der Waals surface area (Å²) in [4.78, 5) is 11.7. The lowest BCUT2D eigenvalue weighted by atomic mass is 10.0. The minimum atomic E-state index is -0.424. The summed E-state index contributed by atoms with van der Waals surface area (Å²) in [5, 5.41) is 0.627. The van der Waals surface area contributed by atoms with Gasteiger partial charge in [0.15, 0.2) is 0 Å². The quantitative estimate of drug-likeness (QED) is 0.355. The maximum absolute atomic E-state index is 11.7. The van der Waals surface area contributed by atoms with Gasteiger partial charge in [0.05, 0.1) is 20.5 Å². The van der Waals surface area contributed by atoms with E-state index in [-0.39, 0.29) is 0 Å². The number of halogens is 2. The SMILES string of the molecule is CO/C=C(/C(=O)OC)c1cccc(Br)c1CBr. The molecule has 1 rings (SSSR count). The maximum Gasteiger partial charge on any atom is 0.341 e. The second-order valence-corrected chi connectivity index (χ2v) is 4.57. The third-order valence-electron chi connectivity index (χ3n) is 2.18. The fourth-order valence-electron chi connectivity index (χ4n) is 1.40. The Labute approximate surface area is 117 Å². The predicted octanol–water partition coefficient (Wildman–Crippen LogP) is 3.50. The highest BCUT2D eigenvalue weighted by atomic mass is 79.9. The zero-order chi connectivity index (χ0) is 12.8. The van der Waals surface area contributed by atoms with Gasteiger partial charge in [-0.25, -0.2) is 4.79 Å².